The average molecular weight is 257 g/mol. The van der Waals surface area contributed by atoms with Crippen molar-refractivity contribution in [2.45, 2.75) is 33.4 Å². The number of aryl methyl sites for hydroxylation is 1. The highest BCUT2D eigenvalue weighted by Gasteiger charge is 2.13. The quantitative estimate of drug-likeness (QED) is 0.812. The van der Waals surface area contributed by atoms with Gasteiger partial charge in [-0.25, -0.2) is 18.4 Å². The Morgan fingerprint density at radius 3 is 2.76 bits per heavy atom. The smallest absolute Gasteiger partial charge is 0.151 e. The Labute approximate surface area is 103 Å². The summed E-state index contributed by atoms with van der Waals surface area (Å²) >= 11 is 0. The predicted molar refractivity (Wildman–Crippen MR) is 67.4 cm³/mol. The van der Waals surface area contributed by atoms with Gasteiger partial charge < -0.3 is 5.32 Å². The van der Waals surface area contributed by atoms with Crippen LogP contribution in [0, 0.1) is 6.92 Å². The molecule has 0 aliphatic rings. The van der Waals surface area contributed by atoms with Gasteiger partial charge in [0.15, 0.2) is 9.84 Å². The lowest BCUT2D eigenvalue weighted by atomic mass is 10.3. The second-order valence-corrected chi connectivity index (χ2v) is 6.47. The van der Waals surface area contributed by atoms with Crippen molar-refractivity contribution in [3.05, 3.63) is 23.8 Å². The van der Waals surface area contributed by atoms with Crippen molar-refractivity contribution in [1.82, 2.24) is 15.3 Å². The molecule has 0 saturated heterocycles. The van der Waals surface area contributed by atoms with Crippen molar-refractivity contribution < 1.29 is 8.42 Å². The Morgan fingerprint density at radius 1 is 1.47 bits per heavy atom. The van der Waals surface area contributed by atoms with Crippen LogP contribution >= 0.6 is 0 Å². The number of rotatable bonds is 6. The van der Waals surface area contributed by atoms with Crippen LogP contribution in [0.5, 0.6) is 0 Å². The molecule has 1 rings (SSSR count). The zero-order valence-electron chi connectivity index (χ0n) is 10.5. The van der Waals surface area contributed by atoms with Gasteiger partial charge in [0.05, 0.1) is 11.4 Å². The fourth-order valence-corrected chi connectivity index (χ4v) is 2.56. The van der Waals surface area contributed by atoms with Crippen LogP contribution in [0.15, 0.2) is 12.3 Å². The van der Waals surface area contributed by atoms with E-state index in [1.165, 1.54) is 0 Å². The third-order valence-corrected chi connectivity index (χ3v) is 4.30. The lowest BCUT2D eigenvalue weighted by Crippen LogP contribution is -2.33. The minimum Gasteiger partial charge on any atom is -0.308 e. The molecule has 0 radical (unpaired) electrons. The van der Waals surface area contributed by atoms with Gasteiger partial charge in [0.2, 0.25) is 0 Å². The molecule has 0 aliphatic heterocycles. The monoisotopic (exact) mass is 257 g/mol. The molecule has 1 atom stereocenters. The molecular formula is C11H19N3O2S. The average Bonchev–Trinajstić information content (AvgIpc) is 2.26. The number of aromatic nitrogens is 2. The van der Waals surface area contributed by atoms with Crippen molar-refractivity contribution in [1.29, 1.82) is 0 Å². The van der Waals surface area contributed by atoms with Crippen molar-refractivity contribution in [3.63, 3.8) is 0 Å². The van der Waals surface area contributed by atoms with Crippen molar-refractivity contribution in [2.75, 3.05) is 11.5 Å². The highest BCUT2D eigenvalue weighted by atomic mass is 32.2. The zero-order valence-corrected chi connectivity index (χ0v) is 11.3. The van der Waals surface area contributed by atoms with Crippen LogP contribution in [0.2, 0.25) is 0 Å². The van der Waals surface area contributed by atoms with E-state index >= 15 is 0 Å². The molecule has 0 aromatic carbocycles. The van der Waals surface area contributed by atoms with Crippen LogP contribution < -0.4 is 5.32 Å². The lowest BCUT2D eigenvalue weighted by Gasteiger charge is -2.13. The van der Waals surface area contributed by atoms with E-state index in [2.05, 4.69) is 15.3 Å². The van der Waals surface area contributed by atoms with Crippen molar-refractivity contribution >= 4 is 9.84 Å². The molecule has 1 unspecified atom stereocenters. The third-order valence-electron chi connectivity index (χ3n) is 2.41. The van der Waals surface area contributed by atoms with Crippen molar-refractivity contribution in [3.8, 4) is 0 Å². The summed E-state index contributed by atoms with van der Waals surface area (Å²) in [5.74, 6) is 1.07. The number of hydrogen-bond donors (Lipinski definition) is 1. The summed E-state index contributed by atoms with van der Waals surface area (Å²) in [5.41, 5.74) is 0.873. The first-order valence-electron chi connectivity index (χ1n) is 5.65. The molecule has 0 spiro atoms. The fourth-order valence-electron chi connectivity index (χ4n) is 1.44. The molecule has 96 valence electrons. The fraction of sp³-hybridized carbons (Fsp3) is 0.636. The van der Waals surface area contributed by atoms with Crippen LogP contribution in [-0.2, 0) is 16.4 Å². The van der Waals surface area contributed by atoms with E-state index < -0.39 is 9.84 Å². The second kappa shape index (κ2) is 6.07. The van der Waals surface area contributed by atoms with Gasteiger partial charge in [0, 0.05) is 24.5 Å². The largest absolute Gasteiger partial charge is 0.308 e. The van der Waals surface area contributed by atoms with Gasteiger partial charge in [-0.15, -0.1) is 0 Å². The topological polar surface area (TPSA) is 72.0 Å². The van der Waals surface area contributed by atoms with E-state index in [0.717, 1.165) is 11.5 Å². The first-order valence-corrected chi connectivity index (χ1v) is 7.47. The standard InChI is InChI=1S/C11H19N3O2S/c1-4-17(15,16)8-9(2)13-7-11-5-6-12-10(3)14-11/h5-6,9,13H,4,7-8H2,1-3H3. The SMILES string of the molecule is CCS(=O)(=O)CC(C)NCc1ccnc(C)n1. The maximum absolute atomic E-state index is 11.4. The van der Waals surface area contributed by atoms with Gasteiger partial charge in [-0.2, -0.15) is 0 Å². The summed E-state index contributed by atoms with van der Waals surface area (Å²) in [6, 6.07) is 1.75. The Hall–Kier alpha value is -1.01. The normalized spacial score (nSPS) is 13.6. The van der Waals surface area contributed by atoms with Crippen LogP contribution in [0.3, 0.4) is 0 Å². The molecular weight excluding hydrogens is 238 g/mol. The minimum absolute atomic E-state index is 0.0739. The predicted octanol–water partition coefficient (Wildman–Crippen LogP) is 0.698. The highest BCUT2D eigenvalue weighted by Crippen LogP contribution is 1.98. The molecule has 1 heterocycles. The molecule has 0 saturated carbocycles. The third kappa shape index (κ3) is 5.23. The first kappa shape index (κ1) is 14.1. The number of nitrogens with one attached hydrogen (secondary N) is 1. The van der Waals surface area contributed by atoms with Crippen molar-refractivity contribution in [2.24, 2.45) is 0 Å². The Morgan fingerprint density at radius 2 is 2.18 bits per heavy atom. The maximum Gasteiger partial charge on any atom is 0.151 e. The number of sulfone groups is 1. The molecule has 1 aromatic rings. The molecule has 0 amide bonds. The Kier molecular flexibility index (Phi) is 5.02. The molecule has 0 aliphatic carbocycles. The molecule has 0 bridgehead atoms. The van der Waals surface area contributed by atoms with Crippen LogP contribution in [0.25, 0.3) is 0 Å². The molecule has 1 N–H and O–H groups in total. The summed E-state index contributed by atoms with van der Waals surface area (Å²) in [4.78, 5) is 8.24. The second-order valence-electron chi connectivity index (χ2n) is 4.08. The molecule has 5 nitrogen and oxygen atoms in total. The maximum atomic E-state index is 11.4. The summed E-state index contributed by atoms with van der Waals surface area (Å²) in [6.07, 6.45) is 1.70. The molecule has 17 heavy (non-hydrogen) atoms. The number of nitrogens with zero attached hydrogens (tertiary/aromatic N) is 2. The molecule has 6 heteroatoms. The summed E-state index contributed by atoms with van der Waals surface area (Å²) in [7, 11) is -2.93. The molecule has 1 aromatic heterocycles. The highest BCUT2D eigenvalue weighted by molar-refractivity contribution is 7.91. The Balaban J connectivity index is 2.46. The van der Waals surface area contributed by atoms with E-state index in [-0.39, 0.29) is 17.5 Å². The van der Waals surface area contributed by atoms with Crippen LogP contribution in [-0.4, -0.2) is 35.9 Å². The number of hydrogen-bond acceptors (Lipinski definition) is 5. The summed E-state index contributed by atoms with van der Waals surface area (Å²) < 4.78 is 22.8. The first-order chi connectivity index (χ1) is 7.93. The zero-order chi connectivity index (χ0) is 12.9. The van der Waals surface area contributed by atoms with Gasteiger partial charge >= 0.3 is 0 Å². The minimum atomic E-state index is -2.93. The molecule has 0 fully saturated rings. The van der Waals surface area contributed by atoms with Gasteiger partial charge in [0.25, 0.3) is 0 Å². The van der Waals surface area contributed by atoms with E-state index in [1.807, 2.05) is 19.9 Å². The van der Waals surface area contributed by atoms with Gasteiger partial charge in [-0.3, -0.25) is 0 Å². The summed E-state index contributed by atoms with van der Waals surface area (Å²) in [6.45, 7) is 5.91. The van der Waals surface area contributed by atoms with Gasteiger partial charge in [0.1, 0.15) is 5.82 Å². The summed E-state index contributed by atoms with van der Waals surface area (Å²) in [5, 5.41) is 3.15. The van der Waals surface area contributed by atoms with Gasteiger partial charge in [-0.05, 0) is 19.9 Å². The lowest BCUT2D eigenvalue weighted by molar-refractivity contribution is 0.553. The van der Waals surface area contributed by atoms with E-state index in [9.17, 15) is 8.42 Å². The van der Waals surface area contributed by atoms with Gasteiger partial charge in [-0.1, -0.05) is 6.92 Å². The van der Waals surface area contributed by atoms with Crippen LogP contribution in [0.1, 0.15) is 25.4 Å². The Bertz CT molecular complexity index is 460. The van der Waals surface area contributed by atoms with E-state index in [4.69, 9.17) is 0 Å². The van der Waals surface area contributed by atoms with E-state index in [1.54, 1.807) is 13.1 Å². The van der Waals surface area contributed by atoms with E-state index in [0.29, 0.717) is 6.54 Å². The van der Waals surface area contributed by atoms with Crippen LogP contribution in [0.4, 0.5) is 0 Å².